The molecule has 0 bridgehead atoms. The molecule has 4 heterocycles. The molecule has 0 fully saturated rings. The highest BCUT2D eigenvalue weighted by atomic mass is 32.1. The Kier molecular flexibility index (Phi) is 12.0. The summed E-state index contributed by atoms with van der Waals surface area (Å²) < 4.78 is 44.5. The number of nitrogens with zero attached hydrogens (tertiary/aromatic N) is 6. The standard InChI is InChI=1S/C51H40F2N8O4S2/c1-4-27-60-47(26-10-33-7-19-39(20-8-33)64-49-42-23-16-37(62)29-44(42)67-51(49)41-22-15-36(53)28-31(41)2)55-61(58-60)65-40-21-24-43-45(30-40)66-50(34-11-13-35(52)14-12-34)48(43)63-38-17-5-32(6-18-38)9-25-46-54-56-57-59(46)3/h5-26,28-30,58,62H,4,27H2,1-3H3/b25-9+,26-10+. The van der Waals surface area contributed by atoms with Gasteiger partial charge >= 0.3 is 0 Å². The molecule has 1 aliphatic heterocycles. The maximum Gasteiger partial charge on any atom is 0.209 e. The topological polar surface area (TPSA) is 126 Å². The molecule has 3 aromatic heterocycles. The Hall–Kier alpha value is -7.76. The summed E-state index contributed by atoms with van der Waals surface area (Å²) >= 11 is 2.97. The van der Waals surface area contributed by atoms with E-state index >= 15 is 0 Å². The summed E-state index contributed by atoms with van der Waals surface area (Å²) in [6.45, 7) is 4.63. The third-order valence-corrected chi connectivity index (χ3v) is 13.2. The van der Waals surface area contributed by atoms with Gasteiger partial charge in [-0.3, -0.25) is 4.84 Å². The van der Waals surface area contributed by atoms with E-state index in [-0.39, 0.29) is 17.4 Å². The number of nitrogens with one attached hydrogen (secondary N) is 2. The molecule has 67 heavy (non-hydrogen) atoms. The molecule has 2 N–H and O–H groups in total. The molecular weight excluding hydrogens is 891 g/mol. The lowest BCUT2D eigenvalue weighted by molar-refractivity contribution is -1.11. The van der Waals surface area contributed by atoms with E-state index in [1.165, 1.54) is 53.0 Å². The first-order valence-corrected chi connectivity index (χ1v) is 22.9. The zero-order chi connectivity index (χ0) is 46.0. The van der Waals surface area contributed by atoms with Gasteiger partial charge in [0.15, 0.2) is 23.1 Å². The third-order valence-electron chi connectivity index (χ3n) is 10.9. The van der Waals surface area contributed by atoms with Crippen LogP contribution in [0.2, 0.25) is 0 Å². The van der Waals surface area contributed by atoms with Crippen LogP contribution in [0.4, 0.5) is 8.78 Å². The molecule has 1 aliphatic rings. The van der Waals surface area contributed by atoms with E-state index in [2.05, 4.69) is 28.0 Å². The van der Waals surface area contributed by atoms with Gasteiger partial charge in [0.2, 0.25) is 5.84 Å². The molecule has 0 saturated carbocycles. The summed E-state index contributed by atoms with van der Waals surface area (Å²) in [5, 5.41) is 32.5. The molecule has 0 saturated heterocycles. The van der Waals surface area contributed by atoms with Gasteiger partial charge in [0.1, 0.15) is 23.1 Å². The molecule has 0 aliphatic carbocycles. The Morgan fingerprint density at radius 1 is 0.701 bits per heavy atom. The van der Waals surface area contributed by atoms with Crippen molar-refractivity contribution >= 4 is 66.9 Å². The average molecular weight is 931 g/mol. The average Bonchev–Trinajstić information content (AvgIpc) is 4.10. The molecule has 1 unspecified atom stereocenters. The highest BCUT2D eigenvalue weighted by Gasteiger charge is 2.28. The van der Waals surface area contributed by atoms with Crippen molar-refractivity contribution in [2.75, 3.05) is 6.54 Å². The van der Waals surface area contributed by atoms with Gasteiger partial charge < -0.3 is 14.6 Å². The molecule has 1 atom stereocenters. The molecule has 9 aromatic rings. The van der Waals surface area contributed by atoms with Crippen LogP contribution in [-0.4, -0.2) is 37.6 Å². The molecular formula is C51H40F2N8O4S2. The zero-order valence-electron chi connectivity index (χ0n) is 36.2. The van der Waals surface area contributed by atoms with Crippen LogP contribution in [0, 0.1) is 18.6 Å². The summed E-state index contributed by atoms with van der Waals surface area (Å²) in [6, 6.07) is 37.1. The van der Waals surface area contributed by atoms with Crippen molar-refractivity contribution in [2.24, 2.45) is 12.1 Å². The zero-order valence-corrected chi connectivity index (χ0v) is 37.9. The highest BCUT2D eigenvalue weighted by molar-refractivity contribution is 7.23. The van der Waals surface area contributed by atoms with Gasteiger partial charge in [-0.25, -0.2) is 18.5 Å². The largest absolute Gasteiger partial charge is 0.872 e. The van der Waals surface area contributed by atoms with Crippen LogP contribution in [0.15, 0.2) is 139 Å². The van der Waals surface area contributed by atoms with E-state index in [1.54, 1.807) is 42.1 Å². The number of hydrazine groups is 1. The third kappa shape index (κ3) is 9.37. The highest BCUT2D eigenvalue weighted by Crippen LogP contribution is 2.49. The van der Waals surface area contributed by atoms with Gasteiger partial charge in [-0.1, -0.05) is 79.7 Å². The van der Waals surface area contributed by atoms with Crippen LogP contribution >= 0.6 is 22.7 Å². The van der Waals surface area contributed by atoms with Crippen molar-refractivity contribution in [3.63, 3.8) is 0 Å². The quantitative estimate of drug-likeness (QED) is 0.110. The number of halogens is 2. The first-order chi connectivity index (χ1) is 32.6. The number of tetrazole rings is 1. The number of benzene rings is 6. The van der Waals surface area contributed by atoms with Crippen molar-refractivity contribution in [3.05, 3.63) is 168 Å². The second-order valence-electron chi connectivity index (χ2n) is 15.6. The predicted octanol–water partition coefficient (Wildman–Crippen LogP) is 10.7. The molecule has 0 amide bonds. The fraction of sp³-hybridized carbons (Fsp3) is 0.0980. The van der Waals surface area contributed by atoms with Gasteiger partial charge in [0, 0.05) is 44.9 Å². The normalized spacial score (nSPS) is 14.0. The van der Waals surface area contributed by atoms with Gasteiger partial charge in [0.05, 0.1) is 15.0 Å². The number of ether oxygens (including phenoxy) is 2. The summed E-state index contributed by atoms with van der Waals surface area (Å²) in [5.41, 5.74) is 7.61. The molecule has 0 spiro atoms. The molecule has 12 nitrogen and oxygen atoms in total. The Labute approximate surface area is 391 Å². The monoisotopic (exact) mass is 930 g/mol. The number of aryl methyl sites for hydroxylation is 2. The molecule has 334 valence electrons. The minimum Gasteiger partial charge on any atom is -0.872 e. The number of thiophene rings is 2. The van der Waals surface area contributed by atoms with Crippen LogP contribution in [0.3, 0.4) is 0 Å². The van der Waals surface area contributed by atoms with Crippen molar-refractivity contribution in [1.82, 2.24) is 30.8 Å². The van der Waals surface area contributed by atoms with Crippen LogP contribution < -0.4 is 30.2 Å². The number of rotatable bonds is 14. The first-order valence-electron chi connectivity index (χ1n) is 21.3. The number of quaternary nitrogens is 1. The van der Waals surface area contributed by atoms with Crippen molar-refractivity contribution in [3.8, 4) is 55.4 Å². The lowest BCUT2D eigenvalue weighted by atomic mass is 10.1. The summed E-state index contributed by atoms with van der Waals surface area (Å²) in [5.74, 6) is 3.70. The Bertz CT molecular complexity index is 3350. The Morgan fingerprint density at radius 3 is 2.00 bits per heavy atom. The SMILES string of the molecule is CCCN1N[NH+](Oc2ccc3c(Oc4ccc(/C=C/c5nnnn5C)cc4)c(-c4ccc(F)cc4)sc3c2)N=C1/C=C/c1ccc(Oc2c(-c3ccc(F)cc3C)sc3cc([O-])ccc23)cc1. The van der Waals surface area contributed by atoms with E-state index in [4.69, 9.17) is 19.4 Å². The van der Waals surface area contributed by atoms with Crippen LogP contribution in [0.1, 0.15) is 35.9 Å². The van der Waals surface area contributed by atoms with Gasteiger partial charge in [0.25, 0.3) is 0 Å². The van der Waals surface area contributed by atoms with E-state index < -0.39 is 0 Å². The lowest BCUT2D eigenvalue weighted by Crippen LogP contribution is -3.15. The number of hydrogen-bond donors (Lipinski definition) is 2. The summed E-state index contributed by atoms with van der Waals surface area (Å²) in [7, 11) is 1.78. The van der Waals surface area contributed by atoms with Crippen molar-refractivity contribution in [2.45, 2.75) is 20.3 Å². The lowest BCUT2D eigenvalue weighted by Gasteiger charge is -2.15. The van der Waals surface area contributed by atoms with E-state index in [1.807, 2.05) is 103 Å². The van der Waals surface area contributed by atoms with E-state index in [0.717, 1.165) is 64.2 Å². The number of aromatic nitrogens is 4. The summed E-state index contributed by atoms with van der Waals surface area (Å²) in [4.78, 5) is 8.02. The number of hydrogen-bond acceptors (Lipinski definition) is 12. The predicted molar refractivity (Wildman–Crippen MR) is 258 cm³/mol. The fourth-order valence-corrected chi connectivity index (χ4v) is 9.93. The fourth-order valence-electron chi connectivity index (χ4n) is 7.51. The van der Waals surface area contributed by atoms with Crippen molar-refractivity contribution < 1.29 is 33.5 Å². The van der Waals surface area contributed by atoms with E-state index in [9.17, 15) is 13.9 Å². The Morgan fingerprint density at radius 2 is 1.33 bits per heavy atom. The maximum atomic E-state index is 14.0. The van der Waals surface area contributed by atoms with Crippen LogP contribution in [0.25, 0.3) is 59.3 Å². The van der Waals surface area contributed by atoms with Crippen LogP contribution in [-0.2, 0) is 7.05 Å². The second kappa shape index (κ2) is 18.6. The molecule has 0 radical (unpaired) electrons. The van der Waals surface area contributed by atoms with Crippen molar-refractivity contribution in [1.29, 1.82) is 0 Å². The minimum absolute atomic E-state index is 0.0874. The minimum atomic E-state index is -0.320. The van der Waals surface area contributed by atoms with Crippen LogP contribution in [0.5, 0.6) is 34.5 Å². The van der Waals surface area contributed by atoms with E-state index in [0.29, 0.717) is 52.2 Å². The Balaban J connectivity index is 0.862. The second-order valence-corrected chi connectivity index (χ2v) is 17.7. The number of fused-ring (bicyclic) bond motifs is 2. The number of amidine groups is 1. The maximum absolute atomic E-state index is 14.0. The van der Waals surface area contributed by atoms with Gasteiger partial charge in [-0.15, -0.1) is 33.5 Å². The molecule has 6 aromatic carbocycles. The van der Waals surface area contributed by atoms with Gasteiger partial charge in [-0.05, 0) is 130 Å². The first kappa shape index (κ1) is 43.1. The molecule has 10 rings (SSSR count). The molecule has 16 heteroatoms. The van der Waals surface area contributed by atoms with Gasteiger partial charge in [-0.2, -0.15) is 0 Å². The smallest absolute Gasteiger partial charge is 0.209 e. The summed E-state index contributed by atoms with van der Waals surface area (Å²) in [6.07, 6.45) is 8.52.